The zero-order valence-corrected chi connectivity index (χ0v) is 14.4. The van der Waals surface area contributed by atoms with Gasteiger partial charge in [-0.2, -0.15) is 0 Å². The summed E-state index contributed by atoms with van der Waals surface area (Å²) in [6.45, 7) is 4.78. The van der Waals surface area contributed by atoms with Crippen LogP contribution in [0.4, 0.5) is 4.39 Å². The van der Waals surface area contributed by atoms with Gasteiger partial charge in [-0.05, 0) is 35.7 Å². The Hall–Kier alpha value is -0.900. The third-order valence-corrected chi connectivity index (χ3v) is 4.17. The highest BCUT2D eigenvalue weighted by Gasteiger charge is 2.16. The van der Waals surface area contributed by atoms with Gasteiger partial charge in [0.2, 0.25) is 0 Å². The molecule has 2 rings (SSSR count). The minimum Gasteiger partial charge on any atom is -0.306 e. The highest BCUT2D eigenvalue weighted by atomic mass is 79.9. The molecule has 0 saturated heterocycles. The third-order valence-electron chi connectivity index (χ3n) is 3.42. The molecule has 21 heavy (non-hydrogen) atoms. The first-order valence-corrected chi connectivity index (χ1v) is 8.07. The fourth-order valence-corrected chi connectivity index (χ4v) is 2.75. The van der Waals surface area contributed by atoms with E-state index in [-0.39, 0.29) is 11.9 Å². The summed E-state index contributed by atoms with van der Waals surface area (Å²) < 4.78 is 14.6. The summed E-state index contributed by atoms with van der Waals surface area (Å²) in [7, 11) is 0. The number of hydrogen-bond donors (Lipinski definition) is 1. The Morgan fingerprint density at radius 1 is 1.14 bits per heavy atom. The zero-order valence-electron chi connectivity index (χ0n) is 12.0. The number of benzene rings is 2. The molecule has 0 aliphatic heterocycles. The lowest BCUT2D eigenvalue weighted by Gasteiger charge is -2.23. The van der Waals surface area contributed by atoms with Crippen LogP contribution in [0.1, 0.15) is 31.0 Å². The van der Waals surface area contributed by atoms with E-state index in [2.05, 4.69) is 35.1 Å². The number of rotatable bonds is 5. The van der Waals surface area contributed by atoms with E-state index in [4.69, 9.17) is 11.6 Å². The van der Waals surface area contributed by atoms with Crippen LogP contribution in [0.15, 0.2) is 46.9 Å². The SMILES string of the molecule is CC(C)C(NCc1ccc(Br)cc1F)c1ccc(Cl)cc1. The second-order valence-electron chi connectivity index (χ2n) is 5.39. The van der Waals surface area contributed by atoms with Crippen LogP contribution in [0.5, 0.6) is 0 Å². The number of hydrogen-bond acceptors (Lipinski definition) is 1. The van der Waals surface area contributed by atoms with E-state index in [0.29, 0.717) is 18.0 Å². The predicted molar refractivity (Wildman–Crippen MR) is 90.0 cm³/mol. The topological polar surface area (TPSA) is 12.0 Å². The molecule has 1 N–H and O–H groups in total. The quantitative estimate of drug-likeness (QED) is 0.709. The summed E-state index contributed by atoms with van der Waals surface area (Å²) in [5.41, 5.74) is 1.82. The van der Waals surface area contributed by atoms with Gasteiger partial charge in [-0.1, -0.05) is 59.6 Å². The highest BCUT2D eigenvalue weighted by Crippen LogP contribution is 2.24. The molecule has 0 spiro atoms. The van der Waals surface area contributed by atoms with Gasteiger partial charge in [0.25, 0.3) is 0 Å². The molecule has 0 aliphatic rings. The average molecular weight is 371 g/mol. The smallest absolute Gasteiger partial charge is 0.128 e. The van der Waals surface area contributed by atoms with E-state index < -0.39 is 0 Å². The predicted octanol–water partition coefficient (Wildman–Crippen LogP) is 5.73. The molecule has 0 aromatic heterocycles. The van der Waals surface area contributed by atoms with Gasteiger partial charge >= 0.3 is 0 Å². The van der Waals surface area contributed by atoms with Crippen LogP contribution in [-0.2, 0) is 6.54 Å². The van der Waals surface area contributed by atoms with Gasteiger partial charge in [0.05, 0.1) is 0 Å². The molecular weight excluding hydrogens is 353 g/mol. The van der Waals surface area contributed by atoms with Crippen molar-refractivity contribution in [1.82, 2.24) is 5.32 Å². The second kappa shape index (κ2) is 7.39. The molecule has 0 bridgehead atoms. The summed E-state index contributed by atoms with van der Waals surface area (Å²) in [4.78, 5) is 0. The summed E-state index contributed by atoms with van der Waals surface area (Å²) in [5.74, 6) is 0.195. The molecule has 0 radical (unpaired) electrons. The van der Waals surface area contributed by atoms with Crippen molar-refractivity contribution in [3.63, 3.8) is 0 Å². The molecule has 2 aromatic carbocycles. The van der Waals surface area contributed by atoms with E-state index in [1.54, 1.807) is 6.07 Å². The van der Waals surface area contributed by atoms with Crippen LogP contribution < -0.4 is 5.32 Å². The maximum Gasteiger partial charge on any atom is 0.128 e. The van der Waals surface area contributed by atoms with Crippen molar-refractivity contribution in [2.24, 2.45) is 5.92 Å². The van der Waals surface area contributed by atoms with Gasteiger partial charge < -0.3 is 5.32 Å². The van der Waals surface area contributed by atoms with Crippen molar-refractivity contribution < 1.29 is 4.39 Å². The van der Waals surface area contributed by atoms with Gasteiger partial charge in [0, 0.05) is 27.6 Å². The van der Waals surface area contributed by atoms with Crippen molar-refractivity contribution in [1.29, 1.82) is 0 Å². The maximum atomic E-state index is 13.9. The van der Waals surface area contributed by atoms with Crippen molar-refractivity contribution in [2.45, 2.75) is 26.4 Å². The molecule has 4 heteroatoms. The molecule has 1 atom stereocenters. The minimum absolute atomic E-state index is 0.158. The number of nitrogens with one attached hydrogen (secondary N) is 1. The first-order valence-electron chi connectivity index (χ1n) is 6.90. The lowest BCUT2D eigenvalue weighted by Crippen LogP contribution is -2.25. The largest absolute Gasteiger partial charge is 0.306 e. The fraction of sp³-hybridized carbons (Fsp3) is 0.294. The monoisotopic (exact) mass is 369 g/mol. The van der Waals surface area contributed by atoms with Crippen molar-refractivity contribution in [3.8, 4) is 0 Å². The Balaban J connectivity index is 2.12. The normalized spacial score (nSPS) is 12.7. The van der Waals surface area contributed by atoms with Crippen LogP contribution >= 0.6 is 27.5 Å². The van der Waals surface area contributed by atoms with Crippen molar-refractivity contribution in [2.75, 3.05) is 0 Å². The van der Waals surface area contributed by atoms with E-state index in [0.717, 1.165) is 15.1 Å². The Labute approximate surface area is 138 Å². The van der Waals surface area contributed by atoms with Gasteiger partial charge in [-0.15, -0.1) is 0 Å². The van der Waals surface area contributed by atoms with Gasteiger partial charge in [-0.3, -0.25) is 0 Å². The molecule has 0 amide bonds. The molecule has 1 unspecified atom stereocenters. The number of halogens is 3. The summed E-state index contributed by atoms with van der Waals surface area (Å²) in [6, 6.07) is 13.1. The first-order chi connectivity index (χ1) is 9.97. The Bertz CT molecular complexity index is 598. The fourth-order valence-electron chi connectivity index (χ4n) is 2.29. The van der Waals surface area contributed by atoms with Crippen molar-refractivity contribution >= 4 is 27.5 Å². The first kappa shape index (κ1) is 16.5. The van der Waals surface area contributed by atoms with E-state index >= 15 is 0 Å². The van der Waals surface area contributed by atoms with Crippen molar-refractivity contribution in [3.05, 3.63) is 68.9 Å². The molecule has 0 aliphatic carbocycles. The molecule has 0 fully saturated rings. The molecule has 0 heterocycles. The van der Waals surface area contributed by atoms with E-state index in [9.17, 15) is 4.39 Å². The molecule has 112 valence electrons. The summed E-state index contributed by atoms with van der Waals surface area (Å²) >= 11 is 9.20. The second-order valence-corrected chi connectivity index (χ2v) is 6.74. The Morgan fingerprint density at radius 2 is 1.81 bits per heavy atom. The molecule has 0 saturated carbocycles. The Kier molecular flexibility index (Phi) is 5.80. The van der Waals surface area contributed by atoms with Crippen LogP contribution in [0, 0.1) is 11.7 Å². The highest BCUT2D eigenvalue weighted by molar-refractivity contribution is 9.10. The van der Waals surface area contributed by atoms with Crippen LogP contribution in [-0.4, -0.2) is 0 Å². The summed E-state index contributed by atoms with van der Waals surface area (Å²) in [6.07, 6.45) is 0. The molecule has 1 nitrogen and oxygen atoms in total. The van der Waals surface area contributed by atoms with Crippen LogP contribution in [0.2, 0.25) is 5.02 Å². The lowest BCUT2D eigenvalue weighted by atomic mass is 9.96. The van der Waals surface area contributed by atoms with Crippen LogP contribution in [0.25, 0.3) is 0 Å². The zero-order chi connectivity index (χ0) is 15.4. The standard InChI is InChI=1S/C17H18BrClFN/c1-11(2)17(12-4-7-15(19)8-5-12)21-10-13-3-6-14(18)9-16(13)20/h3-9,11,17,21H,10H2,1-2H3. The van der Waals surface area contributed by atoms with Gasteiger partial charge in [-0.25, -0.2) is 4.39 Å². The Morgan fingerprint density at radius 3 is 2.38 bits per heavy atom. The average Bonchev–Trinajstić information content (AvgIpc) is 2.42. The molecule has 2 aromatic rings. The van der Waals surface area contributed by atoms with E-state index in [1.165, 1.54) is 6.07 Å². The summed E-state index contributed by atoms with van der Waals surface area (Å²) in [5, 5.41) is 4.16. The van der Waals surface area contributed by atoms with Gasteiger partial charge in [0.15, 0.2) is 0 Å². The van der Waals surface area contributed by atoms with Crippen LogP contribution in [0.3, 0.4) is 0 Å². The maximum absolute atomic E-state index is 13.9. The van der Waals surface area contributed by atoms with Gasteiger partial charge in [0.1, 0.15) is 5.82 Å². The lowest BCUT2D eigenvalue weighted by molar-refractivity contribution is 0.406. The molecular formula is C17H18BrClFN. The minimum atomic E-state index is -0.199. The third kappa shape index (κ3) is 4.53. The van der Waals surface area contributed by atoms with E-state index in [1.807, 2.05) is 30.3 Å².